The van der Waals surface area contributed by atoms with Gasteiger partial charge in [0.1, 0.15) is 11.6 Å². The number of pyridine rings is 3. The van der Waals surface area contributed by atoms with Crippen LogP contribution in [0.1, 0.15) is 25.3 Å². The zero-order valence-electron chi connectivity index (χ0n) is 15.1. The zero-order valence-corrected chi connectivity index (χ0v) is 15.1. The van der Waals surface area contributed by atoms with E-state index in [4.69, 9.17) is 5.73 Å². The molecule has 0 saturated carbocycles. The van der Waals surface area contributed by atoms with Gasteiger partial charge in [0.05, 0.1) is 17.2 Å². The molecule has 7 heteroatoms. The lowest BCUT2D eigenvalue weighted by atomic mass is 10.1. The van der Waals surface area contributed by atoms with Crippen LogP contribution in [0.25, 0.3) is 22.2 Å². The van der Waals surface area contributed by atoms with Crippen LogP contribution in [0.3, 0.4) is 0 Å². The van der Waals surface area contributed by atoms with Gasteiger partial charge in [0.2, 0.25) is 0 Å². The Morgan fingerprint density at radius 3 is 2.59 bits per heavy atom. The Morgan fingerprint density at radius 1 is 0.889 bits per heavy atom. The predicted octanol–water partition coefficient (Wildman–Crippen LogP) is 3.93. The molecular weight excluding hydrogens is 338 g/mol. The average Bonchev–Trinajstić information content (AvgIpc) is 2.67. The molecule has 4 aromatic heterocycles. The van der Waals surface area contributed by atoms with E-state index in [0.717, 1.165) is 27.7 Å². The van der Waals surface area contributed by atoms with Crippen molar-refractivity contribution in [2.75, 3.05) is 11.1 Å². The molecule has 4 aromatic rings. The first kappa shape index (κ1) is 16.8. The molecule has 0 aromatic carbocycles. The zero-order chi connectivity index (χ0) is 18.8. The van der Waals surface area contributed by atoms with Crippen LogP contribution in [-0.4, -0.2) is 25.1 Å². The highest BCUT2D eigenvalue weighted by atomic mass is 15.2. The largest absolute Gasteiger partial charge is 0.384 e. The highest BCUT2D eigenvalue weighted by Crippen LogP contribution is 2.24. The van der Waals surface area contributed by atoms with Gasteiger partial charge in [-0.05, 0) is 53.4 Å². The number of fused-ring (bicyclic) bond motifs is 1. The molecule has 0 aliphatic carbocycles. The Kier molecular flexibility index (Phi) is 4.33. The van der Waals surface area contributed by atoms with E-state index in [1.165, 1.54) is 0 Å². The van der Waals surface area contributed by atoms with Crippen LogP contribution in [0.5, 0.6) is 0 Å². The maximum atomic E-state index is 5.78. The second kappa shape index (κ2) is 6.95. The summed E-state index contributed by atoms with van der Waals surface area (Å²) in [6.07, 6.45) is 5.27. The molecule has 3 N–H and O–H groups in total. The number of hydrogen-bond acceptors (Lipinski definition) is 7. The minimum Gasteiger partial charge on any atom is -0.384 e. The summed E-state index contributed by atoms with van der Waals surface area (Å²) in [6.45, 7) is 4.24. The molecule has 134 valence electrons. The molecular formula is C20H19N7. The average molecular weight is 357 g/mol. The molecule has 0 fully saturated rings. The van der Waals surface area contributed by atoms with Gasteiger partial charge < -0.3 is 11.1 Å². The first-order valence-corrected chi connectivity index (χ1v) is 8.67. The van der Waals surface area contributed by atoms with E-state index in [0.29, 0.717) is 23.4 Å². The van der Waals surface area contributed by atoms with Crippen LogP contribution >= 0.6 is 0 Å². The lowest BCUT2D eigenvalue weighted by Crippen LogP contribution is -2.00. The van der Waals surface area contributed by atoms with Crippen molar-refractivity contribution in [1.82, 2.24) is 25.1 Å². The molecule has 0 aliphatic rings. The molecule has 4 rings (SSSR count). The van der Waals surface area contributed by atoms with Gasteiger partial charge >= 0.3 is 0 Å². The Labute approximate surface area is 156 Å². The fourth-order valence-electron chi connectivity index (χ4n) is 2.75. The topological polar surface area (TPSA) is 102 Å². The van der Waals surface area contributed by atoms with Gasteiger partial charge in [-0.3, -0.25) is 4.98 Å². The smallest absolute Gasteiger partial charge is 0.154 e. The monoisotopic (exact) mass is 357 g/mol. The van der Waals surface area contributed by atoms with E-state index < -0.39 is 0 Å². The summed E-state index contributed by atoms with van der Waals surface area (Å²) >= 11 is 0. The summed E-state index contributed by atoms with van der Waals surface area (Å²) in [5, 5.41) is 11.4. The van der Waals surface area contributed by atoms with Crippen LogP contribution in [0.2, 0.25) is 0 Å². The Morgan fingerprint density at radius 2 is 1.78 bits per heavy atom. The van der Waals surface area contributed by atoms with Crippen molar-refractivity contribution in [2.24, 2.45) is 0 Å². The molecule has 0 radical (unpaired) electrons. The SMILES string of the molecule is CC(C)c1cnnc(Nc2ccc3ncc(-c4ccnc(N)c4)cc3n2)c1. The number of nitrogens with zero attached hydrogens (tertiary/aromatic N) is 5. The van der Waals surface area contributed by atoms with E-state index in [1.54, 1.807) is 12.4 Å². The summed E-state index contributed by atoms with van der Waals surface area (Å²) in [7, 11) is 0. The second-order valence-corrected chi connectivity index (χ2v) is 6.58. The maximum Gasteiger partial charge on any atom is 0.154 e. The summed E-state index contributed by atoms with van der Waals surface area (Å²) < 4.78 is 0. The lowest BCUT2D eigenvalue weighted by molar-refractivity contribution is 0.843. The number of rotatable bonds is 4. The molecule has 0 atom stereocenters. The molecule has 27 heavy (non-hydrogen) atoms. The summed E-state index contributed by atoms with van der Waals surface area (Å²) in [6, 6.07) is 11.5. The van der Waals surface area contributed by atoms with Crippen molar-refractivity contribution in [3.63, 3.8) is 0 Å². The molecule has 4 heterocycles. The van der Waals surface area contributed by atoms with E-state index in [1.807, 2.05) is 42.6 Å². The number of nitrogens with two attached hydrogens (primary N) is 1. The lowest BCUT2D eigenvalue weighted by Gasteiger charge is -2.09. The first-order valence-electron chi connectivity index (χ1n) is 8.67. The van der Waals surface area contributed by atoms with Gasteiger partial charge in [-0.1, -0.05) is 13.8 Å². The van der Waals surface area contributed by atoms with Crippen molar-refractivity contribution >= 4 is 28.5 Å². The summed E-state index contributed by atoms with van der Waals surface area (Å²) in [5.41, 5.74) is 10.4. The number of aromatic nitrogens is 5. The van der Waals surface area contributed by atoms with Gasteiger partial charge in [-0.25, -0.2) is 9.97 Å². The third kappa shape index (κ3) is 3.67. The number of hydrogen-bond donors (Lipinski definition) is 2. The van der Waals surface area contributed by atoms with Gasteiger partial charge in [0, 0.05) is 18.0 Å². The van der Waals surface area contributed by atoms with Crippen molar-refractivity contribution in [3.8, 4) is 11.1 Å². The van der Waals surface area contributed by atoms with E-state index in [9.17, 15) is 0 Å². The normalized spacial score (nSPS) is 11.1. The molecule has 0 unspecified atom stereocenters. The highest BCUT2D eigenvalue weighted by Gasteiger charge is 2.07. The van der Waals surface area contributed by atoms with Crippen LogP contribution in [0.15, 0.2) is 55.0 Å². The molecule has 0 aliphatic heterocycles. The fraction of sp³-hybridized carbons (Fsp3) is 0.150. The number of anilines is 3. The highest BCUT2D eigenvalue weighted by molar-refractivity contribution is 5.82. The molecule has 0 bridgehead atoms. The van der Waals surface area contributed by atoms with Crippen LogP contribution in [-0.2, 0) is 0 Å². The van der Waals surface area contributed by atoms with Gasteiger partial charge in [0.15, 0.2) is 5.82 Å². The van der Waals surface area contributed by atoms with Crippen molar-refractivity contribution in [1.29, 1.82) is 0 Å². The van der Waals surface area contributed by atoms with Gasteiger partial charge in [0.25, 0.3) is 0 Å². The molecule has 0 spiro atoms. The summed E-state index contributed by atoms with van der Waals surface area (Å²) in [5.74, 6) is 2.20. The Bertz CT molecular complexity index is 1110. The third-order valence-electron chi connectivity index (χ3n) is 4.25. The maximum absolute atomic E-state index is 5.78. The van der Waals surface area contributed by atoms with E-state index in [2.05, 4.69) is 44.3 Å². The molecule has 0 saturated heterocycles. The minimum atomic E-state index is 0.380. The summed E-state index contributed by atoms with van der Waals surface area (Å²) in [4.78, 5) is 13.2. The van der Waals surface area contributed by atoms with Gasteiger partial charge in [-0.15, -0.1) is 5.10 Å². The first-order chi connectivity index (χ1) is 13.1. The molecule has 0 amide bonds. The van der Waals surface area contributed by atoms with Crippen molar-refractivity contribution in [3.05, 3.63) is 60.6 Å². The van der Waals surface area contributed by atoms with Crippen molar-refractivity contribution in [2.45, 2.75) is 19.8 Å². The van der Waals surface area contributed by atoms with E-state index in [-0.39, 0.29) is 0 Å². The quantitative estimate of drug-likeness (QED) is 0.570. The van der Waals surface area contributed by atoms with E-state index >= 15 is 0 Å². The van der Waals surface area contributed by atoms with Crippen LogP contribution in [0.4, 0.5) is 17.5 Å². The second-order valence-electron chi connectivity index (χ2n) is 6.58. The van der Waals surface area contributed by atoms with Crippen molar-refractivity contribution < 1.29 is 0 Å². The Hall–Kier alpha value is -3.61. The standard InChI is InChI=1S/C20H19N7/c1-12(2)14-9-20(27-24-11-14)26-19-4-3-16-17(25-19)7-15(10-23-16)13-5-6-22-18(21)8-13/h3-12H,1-2H3,(H2,21,22)(H,25,26,27). The number of nitrogens with one attached hydrogen (secondary N) is 1. The third-order valence-corrected chi connectivity index (χ3v) is 4.25. The van der Waals surface area contributed by atoms with Crippen LogP contribution in [0, 0.1) is 0 Å². The Balaban J connectivity index is 1.68. The predicted molar refractivity (Wildman–Crippen MR) is 107 cm³/mol. The minimum absolute atomic E-state index is 0.380. The number of nitrogen functional groups attached to an aromatic ring is 1. The van der Waals surface area contributed by atoms with Gasteiger partial charge in [-0.2, -0.15) is 5.10 Å². The fourth-order valence-corrected chi connectivity index (χ4v) is 2.75. The molecule has 7 nitrogen and oxygen atoms in total. The van der Waals surface area contributed by atoms with Crippen LogP contribution < -0.4 is 11.1 Å².